The Morgan fingerprint density at radius 3 is 2.16 bits per heavy atom. The van der Waals surface area contributed by atoms with E-state index in [9.17, 15) is 14.4 Å². The zero-order valence-corrected chi connectivity index (χ0v) is 22.9. The Kier molecular flexibility index (Phi) is 9.85. The minimum Gasteiger partial charge on any atom is -0.452 e. The summed E-state index contributed by atoms with van der Waals surface area (Å²) >= 11 is 6.64. The largest absolute Gasteiger partial charge is 0.452 e. The minimum atomic E-state index is -1.16. The molecule has 0 spiro atoms. The fourth-order valence-corrected chi connectivity index (χ4v) is 4.81. The molecule has 0 N–H and O–H groups in total. The van der Waals surface area contributed by atoms with E-state index in [4.69, 9.17) is 16.3 Å². The van der Waals surface area contributed by atoms with Crippen molar-refractivity contribution in [3.63, 3.8) is 0 Å². The summed E-state index contributed by atoms with van der Waals surface area (Å²) in [5.74, 6) is -0.162. The number of aromatic nitrogens is 1. The molecule has 6 nitrogen and oxygen atoms in total. The van der Waals surface area contributed by atoms with Gasteiger partial charge in [-0.25, -0.2) is 4.79 Å². The molecule has 0 saturated heterocycles. The van der Waals surface area contributed by atoms with Gasteiger partial charge in [0.1, 0.15) is 6.29 Å². The van der Waals surface area contributed by atoms with Crippen LogP contribution in [0.5, 0.6) is 0 Å². The summed E-state index contributed by atoms with van der Waals surface area (Å²) in [5.41, 5.74) is 1.87. The van der Waals surface area contributed by atoms with E-state index in [1.807, 2.05) is 80.6 Å². The van der Waals surface area contributed by atoms with E-state index in [2.05, 4.69) is 0 Å². The van der Waals surface area contributed by atoms with Gasteiger partial charge in [-0.1, -0.05) is 86.1 Å². The molecule has 3 aromatic carbocycles. The molecule has 1 heterocycles. The van der Waals surface area contributed by atoms with E-state index in [1.165, 1.54) is 11.7 Å². The van der Waals surface area contributed by atoms with E-state index in [-0.39, 0.29) is 12.3 Å². The number of carbonyl (C=O) groups is 3. The number of hydrogen-bond acceptors (Lipinski definition) is 4. The average Bonchev–Trinajstić information content (AvgIpc) is 3.39. The van der Waals surface area contributed by atoms with Crippen molar-refractivity contribution in [2.45, 2.75) is 38.6 Å². The van der Waals surface area contributed by atoms with Crippen molar-refractivity contribution < 1.29 is 19.1 Å². The highest BCUT2D eigenvalue weighted by molar-refractivity contribution is 6.35. The molecule has 0 bridgehead atoms. The van der Waals surface area contributed by atoms with Gasteiger partial charge in [-0.05, 0) is 41.3 Å². The maximum atomic E-state index is 13.4. The Hall–Kier alpha value is -3.90. The van der Waals surface area contributed by atoms with E-state index in [0.717, 1.165) is 17.4 Å². The normalized spacial score (nSPS) is 12.1. The second-order valence-electron chi connectivity index (χ2n) is 8.90. The molecule has 38 heavy (non-hydrogen) atoms. The molecule has 0 aliphatic rings. The number of ether oxygens (including phenoxy) is 1. The summed E-state index contributed by atoms with van der Waals surface area (Å²) in [4.78, 5) is 40.1. The number of halogens is 1. The van der Waals surface area contributed by atoms with Crippen molar-refractivity contribution in [2.24, 2.45) is 0 Å². The topological polar surface area (TPSA) is 68.6 Å². The Morgan fingerprint density at radius 2 is 1.58 bits per heavy atom. The van der Waals surface area contributed by atoms with E-state index in [1.54, 1.807) is 30.3 Å². The first-order valence-corrected chi connectivity index (χ1v) is 12.9. The molecule has 0 aliphatic heterocycles. The van der Waals surface area contributed by atoms with E-state index < -0.39 is 11.5 Å². The maximum absolute atomic E-state index is 13.4. The summed E-state index contributed by atoms with van der Waals surface area (Å²) in [5, 5.41) is 0.967. The van der Waals surface area contributed by atoms with Crippen LogP contribution in [0.15, 0.2) is 85.1 Å². The van der Waals surface area contributed by atoms with Crippen LogP contribution >= 0.6 is 11.6 Å². The van der Waals surface area contributed by atoms with Gasteiger partial charge in [0.2, 0.25) is 5.91 Å². The number of rotatable bonds is 8. The minimum absolute atomic E-state index is 0.0335. The number of benzene rings is 3. The Morgan fingerprint density at radius 1 is 0.974 bits per heavy atom. The van der Waals surface area contributed by atoms with Gasteiger partial charge in [0.05, 0.1) is 23.1 Å². The molecule has 0 radical (unpaired) electrons. The van der Waals surface area contributed by atoms with Crippen molar-refractivity contribution in [3.8, 4) is 0 Å². The first-order valence-electron chi connectivity index (χ1n) is 12.5. The van der Waals surface area contributed by atoms with Gasteiger partial charge < -0.3 is 14.4 Å². The number of amides is 1. The van der Waals surface area contributed by atoms with Gasteiger partial charge in [-0.2, -0.15) is 0 Å². The van der Waals surface area contributed by atoms with Gasteiger partial charge in [-0.3, -0.25) is 9.36 Å². The summed E-state index contributed by atoms with van der Waals surface area (Å²) in [6.45, 7) is 4.43. The second-order valence-corrected chi connectivity index (χ2v) is 9.31. The van der Waals surface area contributed by atoms with Crippen LogP contribution in [-0.4, -0.2) is 41.9 Å². The summed E-state index contributed by atoms with van der Waals surface area (Å²) in [6, 6.07) is 24.5. The van der Waals surface area contributed by atoms with Crippen LogP contribution in [0.4, 0.5) is 4.79 Å². The number of methoxy groups -OCH3 is 1. The van der Waals surface area contributed by atoms with Crippen LogP contribution < -0.4 is 0 Å². The molecule has 0 aliphatic carbocycles. The highest BCUT2D eigenvalue weighted by atomic mass is 35.5. The SMILES string of the molecule is CC.COC(=O)n1ccc2cc(C(C=O)(CC(=O)N(C)Cc3ccccc3)Cc3ccccc3)cc(Cl)c21. The Bertz CT molecular complexity index is 1390. The molecular formula is C31H33ClN2O4. The third kappa shape index (κ3) is 6.32. The lowest BCUT2D eigenvalue weighted by Gasteiger charge is -2.31. The van der Waals surface area contributed by atoms with Crippen molar-refractivity contribution >= 4 is 40.8 Å². The second kappa shape index (κ2) is 13.1. The van der Waals surface area contributed by atoms with Crippen molar-refractivity contribution in [3.05, 3.63) is 107 Å². The van der Waals surface area contributed by atoms with Gasteiger partial charge in [0.25, 0.3) is 0 Å². The lowest BCUT2D eigenvalue weighted by atomic mass is 9.73. The number of carbonyl (C=O) groups excluding carboxylic acids is 3. The van der Waals surface area contributed by atoms with Gasteiger partial charge in [0, 0.05) is 31.6 Å². The van der Waals surface area contributed by atoms with Crippen LogP contribution in [0.25, 0.3) is 10.9 Å². The number of fused-ring (bicyclic) bond motifs is 1. The predicted molar refractivity (Wildman–Crippen MR) is 152 cm³/mol. The first-order chi connectivity index (χ1) is 18.4. The lowest BCUT2D eigenvalue weighted by Crippen LogP contribution is -2.38. The standard InChI is InChI=1S/C29H27ClN2O4.C2H6/c1-31(19-22-11-7-4-8-12-22)26(34)18-29(20-33,17-21-9-5-3-6-10-21)24-15-23-13-14-32(28(35)36-2)27(23)25(30)16-24;1-2/h3-16,20H,17-19H2,1-2H3;1-2H3. The number of nitrogens with zero attached hydrogens (tertiary/aromatic N) is 2. The summed E-state index contributed by atoms with van der Waals surface area (Å²) in [6.07, 6.45) is 2.15. The monoisotopic (exact) mass is 532 g/mol. The van der Waals surface area contributed by atoms with E-state index >= 15 is 0 Å². The van der Waals surface area contributed by atoms with Crippen molar-refractivity contribution in [1.82, 2.24) is 9.47 Å². The lowest BCUT2D eigenvalue weighted by molar-refractivity contribution is -0.133. The van der Waals surface area contributed by atoms with Crippen LogP contribution in [0.1, 0.15) is 37.0 Å². The summed E-state index contributed by atoms with van der Waals surface area (Å²) < 4.78 is 6.16. The molecular weight excluding hydrogens is 500 g/mol. The summed E-state index contributed by atoms with van der Waals surface area (Å²) in [7, 11) is 3.03. The molecule has 198 valence electrons. The fourth-order valence-electron chi connectivity index (χ4n) is 4.50. The first kappa shape index (κ1) is 28.7. The van der Waals surface area contributed by atoms with Crippen molar-refractivity contribution in [2.75, 3.05) is 14.2 Å². The quantitative estimate of drug-likeness (QED) is 0.238. The Balaban J connectivity index is 0.00000195. The molecule has 1 amide bonds. The van der Waals surface area contributed by atoms with Crippen molar-refractivity contribution in [1.29, 1.82) is 0 Å². The van der Waals surface area contributed by atoms with Crippen LogP contribution in [0.2, 0.25) is 5.02 Å². The van der Waals surface area contributed by atoms with Crippen LogP contribution in [0, 0.1) is 0 Å². The highest BCUT2D eigenvalue weighted by Gasteiger charge is 2.37. The van der Waals surface area contributed by atoms with Crippen LogP contribution in [0.3, 0.4) is 0 Å². The molecule has 1 aromatic heterocycles. The number of aldehydes is 1. The molecule has 0 fully saturated rings. The Labute approximate surface area is 228 Å². The predicted octanol–water partition coefficient (Wildman–Crippen LogP) is 6.66. The smallest absolute Gasteiger partial charge is 0.418 e. The van der Waals surface area contributed by atoms with Gasteiger partial charge in [-0.15, -0.1) is 0 Å². The third-order valence-electron chi connectivity index (χ3n) is 6.43. The van der Waals surface area contributed by atoms with Crippen LogP contribution in [-0.2, 0) is 32.7 Å². The molecule has 1 unspecified atom stereocenters. The van der Waals surface area contributed by atoms with E-state index in [0.29, 0.717) is 34.5 Å². The number of hydrogen-bond donors (Lipinski definition) is 0. The van der Waals surface area contributed by atoms with Gasteiger partial charge >= 0.3 is 6.09 Å². The molecule has 4 rings (SSSR count). The molecule has 0 saturated carbocycles. The molecule has 7 heteroatoms. The fraction of sp³-hybridized carbons (Fsp3) is 0.258. The zero-order chi connectivity index (χ0) is 27.7. The van der Waals surface area contributed by atoms with Gasteiger partial charge in [0.15, 0.2) is 0 Å². The maximum Gasteiger partial charge on any atom is 0.418 e. The zero-order valence-electron chi connectivity index (χ0n) is 22.2. The molecule has 4 aromatic rings. The molecule has 1 atom stereocenters. The highest BCUT2D eigenvalue weighted by Crippen LogP contribution is 2.37. The third-order valence-corrected chi connectivity index (χ3v) is 6.71. The average molecular weight is 533 g/mol.